The van der Waals surface area contributed by atoms with E-state index in [-0.39, 0.29) is 0 Å². The molecule has 5 heteroatoms. The van der Waals surface area contributed by atoms with Gasteiger partial charge in [0.2, 0.25) is 0 Å². The second kappa shape index (κ2) is 18.1. The van der Waals surface area contributed by atoms with Crippen molar-refractivity contribution < 1.29 is 3.56 Å². The highest BCUT2D eigenvalue weighted by molar-refractivity contribution is 9.38. The lowest BCUT2D eigenvalue weighted by Crippen LogP contribution is -0.623. The van der Waals surface area contributed by atoms with Gasteiger partial charge in [-0.1, -0.05) is 0 Å². The molecule has 0 saturated carbocycles. The lowest BCUT2D eigenvalue weighted by molar-refractivity contribution is 0.982. The lowest BCUT2D eigenvalue weighted by atomic mass is 19.0. The molecule has 0 aliphatic heterocycles. The van der Waals surface area contributed by atoms with Crippen LogP contribution in [0.2, 0.25) is 0 Å². The molecular weight excluding hydrogens is 242 g/mol. The first-order valence-corrected chi connectivity index (χ1v) is 5.02. The van der Waals surface area contributed by atoms with Crippen LogP contribution < -0.4 is 0 Å². The van der Waals surface area contributed by atoms with Gasteiger partial charge in [0.25, 0.3) is 0 Å². The molecule has 0 spiro atoms. The fourth-order valence-corrected chi connectivity index (χ4v) is 0. The van der Waals surface area contributed by atoms with Crippen molar-refractivity contribution in [3.63, 3.8) is 0 Å². The second-order valence-corrected chi connectivity index (χ2v) is 3.23. The van der Waals surface area contributed by atoms with Crippen LogP contribution in [0.1, 0.15) is 0 Å². The molecule has 0 aliphatic carbocycles. The van der Waals surface area contributed by atoms with E-state index in [4.69, 9.17) is 0 Å². The van der Waals surface area contributed by atoms with Crippen LogP contribution in [0.4, 0.5) is 3.56 Å². The molecule has 0 saturated heterocycles. The van der Waals surface area contributed by atoms with E-state index < -0.39 is 0 Å². The van der Waals surface area contributed by atoms with Gasteiger partial charge in [-0.25, -0.2) is 0 Å². The van der Waals surface area contributed by atoms with Crippen molar-refractivity contribution in [3.05, 3.63) is 0 Å². The van der Waals surface area contributed by atoms with Crippen LogP contribution in [0, 0.1) is 0 Å². The molecule has 0 aromatic rings. The highest BCUT2D eigenvalue weighted by Crippen LogP contribution is 1.99. The number of hydrogen-bond acceptors (Lipinski definition) is 1. The number of hydrogen-bond donors (Lipinski definition) is 0. The molecule has 0 N–H and O–H groups in total. The summed E-state index contributed by atoms with van der Waals surface area (Å²) in [5, 5.41) is 0. The largest absolute Gasteiger partial charge is 0.158 e. The van der Waals surface area contributed by atoms with Gasteiger partial charge in [-0.3, -0.25) is 0 Å². The lowest BCUT2D eigenvalue weighted by Gasteiger charge is -1.21. The molecule has 0 atom stereocenters. The van der Waals surface area contributed by atoms with Crippen LogP contribution in [0.25, 0.3) is 0 Å². The SMILES string of the molecule is FBr.S=PBr. The number of halogens is 3. The van der Waals surface area contributed by atoms with E-state index in [1.54, 1.807) is 0 Å². The standard InChI is InChI=1S/BrF.BrPS/c1-2;1-2-3. The van der Waals surface area contributed by atoms with Gasteiger partial charge in [0.05, 0.1) is 6.06 Å². The minimum atomic E-state index is 0.813. The van der Waals surface area contributed by atoms with Crippen LogP contribution in [-0.2, 0) is 11.8 Å². The fourth-order valence-electron chi connectivity index (χ4n) is 0. The monoisotopic (exact) mass is 240 g/mol. The third kappa shape index (κ3) is 31.6. The average Bonchev–Trinajstić information content (AvgIpc) is 1.46. The van der Waals surface area contributed by atoms with Gasteiger partial charge in [-0.05, 0) is 27.3 Å². The summed E-state index contributed by atoms with van der Waals surface area (Å²) in [6.07, 6.45) is 0. The molecule has 5 heavy (non-hydrogen) atoms. The van der Waals surface area contributed by atoms with Gasteiger partial charge in [-0.2, -0.15) is 3.56 Å². The van der Waals surface area contributed by atoms with Crippen molar-refractivity contribution in [1.82, 2.24) is 0 Å². The molecule has 0 aliphatic rings. The van der Waals surface area contributed by atoms with E-state index in [1.165, 1.54) is 16.4 Å². The molecule has 0 nitrogen and oxygen atoms in total. The van der Waals surface area contributed by atoms with Gasteiger partial charge < -0.3 is 0 Å². The van der Waals surface area contributed by atoms with E-state index in [0.29, 0.717) is 0 Å². The zero-order valence-electron chi connectivity index (χ0n) is 1.99. The highest BCUT2D eigenvalue weighted by Gasteiger charge is 1.24. The maximum atomic E-state index is 9.31. The Kier molecular flexibility index (Phi) is 34.9. The van der Waals surface area contributed by atoms with Crippen LogP contribution in [0.3, 0.4) is 0 Å². The topological polar surface area (TPSA) is 0 Å². The Bertz CT molecular complexity index is 17.1. The minimum Gasteiger partial charge on any atom is -0.158 e. The molecule has 0 rings (SSSR count). The molecule has 0 heterocycles. The van der Waals surface area contributed by atoms with Gasteiger partial charge in [0.15, 0.2) is 16.4 Å². The first-order chi connectivity index (χ1) is 2.41. The Balaban J connectivity index is 0. The van der Waals surface area contributed by atoms with Crippen LogP contribution in [-0.4, -0.2) is 0 Å². The van der Waals surface area contributed by atoms with Gasteiger partial charge >= 0.3 is 0 Å². The summed E-state index contributed by atoms with van der Waals surface area (Å²) < 4.78 is 9.31. The number of rotatable bonds is 0. The van der Waals surface area contributed by atoms with Gasteiger partial charge in [0.1, 0.15) is 0 Å². The maximum absolute atomic E-state index is 9.31. The molecule has 0 unspecified atom stereocenters. The molecule has 0 radical (unpaired) electrons. The molecule has 0 aromatic heterocycles. The Morgan fingerprint density at radius 2 is 1.60 bits per heavy atom. The minimum absolute atomic E-state index is 0.813. The predicted molar refractivity (Wildman–Crippen MR) is 33.2 cm³/mol. The van der Waals surface area contributed by atoms with E-state index in [9.17, 15) is 3.56 Å². The Labute approximate surface area is 53.3 Å². The van der Waals surface area contributed by atoms with E-state index in [2.05, 4.69) is 27.3 Å². The zero-order valence-corrected chi connectivity index (χ0v) is 6.87. The normalized spacial score (nSPS) is 5.40. The molecule has 0 amide bonds. The van der Waals surface area contributed by atoms with Crippen molar-refractivity contribution in [2.24, 2.45) is 0 Å². The van der Waals surface area contributed by atoms with Crippen LogP contribution in [0.5, 0.6) is 0 Å². The summed E-state index contributed by atoms with van der Waals surface area (Å²) in [4.78, 5) is 0. The smallest absolute Gasteiger partial charge is 0.158 e. The molecule has 0 fully saturated rings. The summed E-state index contributed by atoms with van der Waals surface area (Å²) in [6.45, 7) is 0. The van der Waals surface area contributed by atoms with Crippen molar-refractivity contribution in [2.75, 3.05) is 0 Å². The summed E-state index contributed by atoms with van der Waals surface area (Å²) >= 11 is 8.65. The second-order valence-electron chi connectivity index (χ2n) is 0.0690. The van der Waals surface area contributed by atoms with Gasteiger partial charge in [-0.15, -0.1) is 0 Å². The fraction of sp³-hybridized carbons (Fsp3) is 0. The zero-order chi connectivity index (χ0) is 4.71. The predicted octanol–water partition coefficient (Wildman–Crippen LogP) is 2.97. The van der Waals surface area contributed by atoms with E-state index in [0.717, 1.165) is 6.06 Å². The Morgan fingerprint density at radius 1 is 1.60 bits per heavy atom. The highest BCUT2D eigenvalue weighted by atomic mass is 79.9. The van der Waals surface area contributed by atoms with E-state index in [1.807, 2.05) is 0 Å². The van der Waals surface area contributed by atoms with Crippen molar-refractivity contribution in [3.8, 4) is 0 Å². The van der Waals surface area contributed by atoms with Crippen molar-refractivity contribution >= 4 is 49.7 Å². The summed E-state index contributed by atoms with van der Waals surface area (Å²) in [7, 11) is 0. The third-order valence-electron chi connectivity index (χ3n) is 0. The Morgan fingerprint density at radius 3 is 1.60 bits per heavy atom. The molecular formula is Br2FPS. The summed E-state index contributed by atoms with van der Waals surface area (Å²) in [6, 6.07) is 0.813. The molecule has 0 aromatic carbocycles. The summed E-state index contributed by atoms with van der Waals surface area (Å²) in [5.74, 6) is 0. The maximum Gasteiger partial charge on any atom is 0.158 e. The van der Waals surface area contributed by atoms with Crippen LogP contribution in [0.15, 0.2) is 0 Å². The van der Waals surface area contributed by atoms with Gasteiger partial charge in [0, 0.05) is 0 Å². The Hall–Kier alpha value is 1.41. The average molecular weight is 242 g/mol. The third-order valence-corrected chi connectivity index (χ3v) is 0. The first-order valence-electron chi connectivity index (χ1n) is 0.494. The van der Waals surface area contributed by atoms with E-state index >= 15 is 0 Å². The molecule has 0 bridgehead atoms. The van der Waals surface area contributed by atoms with Crippen molar-refractivity contribution in [1.29, 1.82) is 0 Å². The van der Waals surface area contributed by atoms with Crippen LogP contribution >= 0.6 is 37.9 Å². The first kappa shape index (κ1) is 9.65. The quantitative estimate of drug-likeness (QED) is 0.588. The van der Waals surface area contributed by atoms with Crippen molar-refractivity contribution in [2.45, 2.75) is 0 Å². The molecule has 32 valence electrons. The summed E-state index contributed by atoms with van der Waals surface area (Å²) in [5.41, 5.74) is 0.